The van der Waals surface area contributed by atoms with E-state index in [4.69, 9.17) is 9.47 Å². The van der Waals surface area contributed by atoms with Gasteiger partial charge in [0, 0.05) is 25.0 Å². The van der Waals surface area contributed by atoms with E-state index in [2.05, 4.69) is 57.4 Å². The van der Waals surface area contributed by atoms with Crippen LogP contribution in [-0.2, 0) is 11.3 Å². The second kappa shape index (κ2) is 8.47. The van der Waals surface area contributed by atoms with E-state index in [1.807, 2.05) is 31.2 Å². The molecule has 3 heterocycles. The van der Waals surface area contributed by atoms with E-state index in [9.17, 15) is 4.79 Å². The van der Waals surface area contributed by atoms with Crippen LogP contribution < -0.4 is 14.8 Å². The Hall–Kier alpha value is -3.25. The van der Waals surface area contributed by atoms with Gasteiger partial charge in [-0.3, -0.25) is 9.69 Å². The van der Waals surface area contributed by atoms with Crippen molar-refractivity contribution in [2.24, 2.45) is 0 Å². The van der Waals surface area contributed by atoms with Gasteiger partial charge in [-0.15, -0.1) is 0 Å². The molecule has 1 aromatic heterocycles. The Kier molecular flexibility index (Phi) is 5.38. The molecule has 5 rings (SSSR count). The third kappa shape index (κ3) is 4.03. The van der Waals surface area contributed by atoms with Crippen LogP contribution in [0.15, 0.2) is 66.9 Å². The van der Waals surface area contributed by atoms with Crippen LogP contribution in [0.2, 0.25) is 0 Å². The Bertz CT molecular complexity index is 1060. The minimum Gasteiger partial charge on any atom is -0.486 e. The molecule has 31 heavy (non-hydrogen) atoms. The standard InChI is InChI=1S/C25H27N3O3/c1-18(20-9-10-22-23(16-20)31-15-14-30-22)26-24(29)17-28-13-12-27-11-5-8-21(27)25(28)19-6-3-2-4-7-19/h2-11,16,18,25H,12-15,17H2,1H3,(H,26,29). The van der Waals surface area contributed by atoms with E-state index < -0.39 is 0 Å². The maximum absolute atomic E-state index is 13.0. The number of hydrogen-bond acceptors (Lipinski definition) is 4. The van der Waals surface area contributed by atoms with Gasteiger partial charge in [0.25, 0.3) is 0 Å². The van der Waals surface area contributed by atoms with Crippen LogP contribution in [0, 0.1) is 0 Å². The predicted molar refractivity (Wildman–Crippen MR) is 118 cm³/mol. The molecular weight excluding hydrogens is 390 g/mol. The fourth-order valence-corrected chi connectivity index (χ4v) is 4.50. The number of hydrogen-bond donors (Lipinski definition) is 1. The highest BCUT2D eigenvalue weighted by Crippen LogP contribution is 2.33. The molecule has 1 N–H and O–H groups in total. The molecule has 0 bridgehead atoms. The number of nitrogens with zero attached hydrogens (tertiary/aromatic N) is 2. The van der Waals surface area contributed by atoms with Gasteiger partial charge in [0.05, 0.1) is 18.6 Å². The van der Waals surface area contributed by atoms with Gasteiger partial charge in [0.2, 0.25) is 5.91 Å². The van der Waals surface area contributed by atoms with Crippen molar-refractivity contribution >= 4 is 5.91 Å². The number of carbonyl (C=O) groups excluding carboxylic acids is 1. The van der Waals surface area contributed by atoms with Crippen LogP contribution in [0.3, 0.4) is 0 Å². The number of amides is 1. The van der Waals surface area contributed by atoms with Gasteiger partial charge in [-0.2, -0.15) is 0 Å². The zero-order valence-electron chi connectivity index (χ0n) is 17.7. The van der Waals surface area contributed by atoms with Crippen LogP contribution in [0.4, 0.5) is 0 Å². The molecule has 1 amide bonds. The van der Waals surface area contributed by atoms with E-state index in [1.54, 1.807) is 0 Å². The summed E-state index contributed by atoms with van der Waals surface area (Å²) in [7, 11) is 0. The molecule has 0 radical (unpaired) electrons. The zero-order valence-corrected chi connectivity index (χ0v) is 17.7. The molecule has 2 aliphatic rings. The van der Waals surface area contributed by atoms with Crippen molar-refractivity contribution in [3.05, 3.63) is 83.7 Å². The van der Waals surface area contributed by atoms with Crippen LogP contribution in [0.5, 0.6) is 11.5 Å². The largest absolute Gasteiger partial charge is 0.486 e. The SMILES string of the molecule is CC(NC(=O)CN1CCn2cccc2C1c1ccccc1)c1ccc2c(c1)OCCO2. The topological polar surface area (TPSA) is 55.7 Å². The molecule has 0 spiro atoms. The quantitative estimate of drug-likeness (QED) is 0.690. The molecule has 0 aliphatic carbocycles. The van der Waals surface area contributed by atoms with Gasteiger partial charge >= 0.3 is 0 Å². The van der Waals surface area contributed by atoms with Gasteiger partial charge < -0.3 is 19.4 Å². The predicted octanol–water partition coefficient (Wildman–Crippen LogP) is 3.54. The zero-order chi connectivity index (χ0) is 21.2. The number of carbonyl (C=O) groups is 1. The molecule has 6 nitrogen and oxygen atoms in total. The molecule has 2 unspecified atom stereocenters. The first-order chi connectivity index (χ1) is 15.2. The average Bonchev–Trinajstić information content (AvgIpc) is 3.28. The summed E-state index contributed by atoms with van der Waals surface area (Å²) in [5.41, 5.74) is 3.43. The number of benzene rings is 2. The Morgan fingerprint density at radius 2 is 1.84 bits per heavy atom. The van der Waals surface area contributed by atoms with Crippen LogP contribution in [-0.4, -0.2) is 41.7 Å². The minimum absolute atomic E-state index is 0.0170. The second-order valence-corrected chi connectivity index (χ2v) is 8.10. The summed E-state index contributed by atoms with van der Waals surface area (Å²) in [5, 5.41) is 3.16. The summed E-state index contributed by atoms with van der Waals surface area (Å²) in [5.74, 6) is 1.52. The van der Waals surface area contributed by atoms with Crippen molar-refractivity contribution in [1.82, 2.24) is 14.8 Å². The molecule has 2 atom stereocenters. The Balaban J connectivity index is 1.30. The third-order valence-corrected chi connectivity index (χ3v) is 6.04. The van der Waals surface area contributed by atoms with Gasteiger partial charge in [-0.1, -0.05) is 36.4 Å². The first-order valence-electron chi connectivity index (χ1n) is 10.8. The molecule has 2 aliphatic heterocycles. The van der Waals surface area contributed by atoms with E-state index in [0.717, 1.165) is 30.2 Å². The van der Waals surface area contributed by atoms with Crippen molar-refractivity contribution in [3.63, 3.8) is 0 Å². The van der Waals surface area contributed by atoms with E-state index in [-0.39, 0.29) is 18.0 Å². The number of aromatic nitrogens is 1. The molecule has 2 aromatic carbocycles. The highest BCUT2D eigenvalue weighted by molar-refractivity contribution is 5.78. The summed E-state index contributed by atoms with van der Waals surface area (Å²) < 4.78 is 13.6. The Morgan fingerprint density at radius 3 is 2.68 bits per heavy atom. The average molecular weight is 418 g/mol. The van der Waals surface area contributed by atoms with Crippen molar-refractivity contribution in [2.45, 2.75) is 25.6 Å². The minimum atomic E-state index is -0.118. The lowest BCUT2D eigenvalue weighted by molar-refractivity contribution is -0.123. The maximum Gasteiger partial charge on any atom is 0.234 e. The smallest absolute Gasteiger partial charge is 0.234 e. The maximum atomic E-state index is 13.0. The lowest BCUT2D eigenvalue weighted by Gasteiger charge is -2.37. The normalized spacial score (nSPS) is 18.8. The monoisotopic (exact) mass is 417 g/mol. The molecular formula is C25H27N3O3. The summed E-state index contributed by atoms with van der Waals surface area (Å²) in [4.78, 5) is 15.3. The number of rotatable bonds is 5. The number of fused-ring (bicyclic) bond motifs is 2. The van der Waals surface area contributed by atoms with Gasteiger partial charge in [0.1, 0.15) is 13.2 Å². The lowest BCUT2D eigenvalue weighted by atomic mass is 10.00. The van der Waals surface area contributed by atoms with Gasteiger partial charge in [0.15, 0.2) is 11.5 Å². The summed E-state index contributed by atoms with van der Waals surface area (Å²) in [6, 6.07) is 20.4. The van der Waals surface area contributed by atoms with Crippen LogP contribution in [0.25, 0.3) is 0 Å². The molecule has 0 saturated carbocycles. The highest BCUT2D eigenvalue weighted by atomic mass is 16.6. The first kappa shape index (κ1) is 19.7. The fourth-order valence-electron chi connectivity index (χ4n) is 4.50. The van der Waals surface area contributed by atoms with Gasteiger partial charge in [-0.05, 0) is 42.3 Å². The van der Waals surface area contributed by atoms with Gasteiger partial charge in [-0.25, -0.2) is 0 Å². The molecule has 0 fully saturated rings. The molecule has 6 heteroatoms. The van der Waals surface area contributed by atoms with Crippen molar-refractivity contribution in [3.8, 4) is 11.5 Å². The molecule has 3 aromatic rings. The summed E-state index contributed by atoms with van der Waals surface area (Å²) in [6.45, 7) is 5.18. The summed E-state index contributed by atoms with van der Waals surface area (Å²) in [6.07, 6.45) is 2.12. The fraction of sp³-hybridized carbons (Fsp3) is 0.320. The van der Waals surface area contributed by atoms with Crippen molar-refractivity contribution < 1.29 is 14.3 Å². The molecule has 0 saturated heterocycles. The third-order valence-electron chi connectivity index (χ3n) is 6.04. The summed E-state index contributed by atoms with van der Waals surface area (Å²) >= 11 is 0. The second-order valence-electron chi connectivity index (χ2n) is 8.10. The number of nitrogens with one attached hydrogen (secondary N) is 1. The Morgan fingerprint density at radius 1 is 1.03 bits per heavy atom. The van der Waals surface area contributed by atoms with E-state index in [1.165, 1.54) is 11.3 Å². The van der Waals surface area contributed by atoms with E-state index in [0.29, 0.717) is 19.8 Å². The van der Waals surface area contributed by atoms with Crippen LogP contribution in [0.1, 0.15) is 35.8 Å². The first-order valence-corrected chi connectivity index (χ1v) is 10.8. The highest BCUT2D eigenvalue weighted by Gasteiger charge is 2.30. The Labute approximate surface area is 182 Å². The van der Waals surface area contributed by atoms with Crippen molar-refractivity contribution in [2.75, 3.05) is 26.3 Å². The lowest BCUT2D eigenvalue weighted by Crippen LogP contribution is -2.44. The number of ether oxygens (including phenoxy) is 2. The molecule has 160 valence electrons. The van der Waals surface area contributed by atoms with Crippen LogP contribution >= 0.6 is 0 Å². The van der Waals surface area contributed by atoms with E-state index >= 15 is 0 Å². The van der Waals surface area contributed by atoms with Crippen molar-refractivity contribution in [1.29, 1.82) is 0 Å².